The molecule has 25 heavy (non-hydrogen) atoms. The van der Waals surface area contributed by atoms with E-state index in [0.29, 0.717) is 19.7 Å². The molecule has 5 nitrogen and oxygen atoms in total. The quantitative estimate of drug-likeness (QED) is 0.736. The van der Waals surface area contributed by atoms with Crippen LogP contribution in [0.2, 0.25) is 0 Å². The highest BCUT2D eigenvalue weighted by Gasteiger charge is 2.22. The van der Waals surface area contributed by atoms with Crippen LogP contribution in [0.25, 0.3) is 11.0 Å². The van der Waals surface area contributed by atoms with Crippen LogP contribution in [0.1, 0.15) is 11.1 Å². The molecule has 2 aromatic carbocycles. The van der Waals surface area contributed by atoms with Crippen molar-refractivity contribution >= 4 is 16.9 Å². The van der Waals surface area contributed by atoms with Gasteiger partial charge < -0.3 is 14.2 Å². The first kappa shape index (κ1) is 15.8. The molecule has 4 rings (SSSR count). The van der Waals surface area contributed by atoms with Crippen LogP contribution in [0.3, 0.4) is 0 Å². The molecule has 3 aromatic rings. The van der Waals surface area contributed by atoms with Crippen LogP contribution >= 0.6 is 0 Å². The minimum atomic E-state index is 0.0448. The van der Waals surface area contributed by atoms with E-state index in [1.807, 2.05) is 41.9 Å². The van der Waals surface area contributed by atoms with Crippen molar-refractivity contribution in [2.24, 2.45) is 0 Å². The Bertz CT molecular complexity index is 903. The number of rotatable bonds is 4. The highest BCUT2D eigenvalue weighted by Crippen LogP contribution is 2.21. The molecule has 0 fully saturated rings. The zero-order valence-corrected chi connectivity index (χ0v) is 14.3. The van der Waals surface area contributed by atoms with E-state index in [1.54, 1.807) is 11.2 Å². The van der Waals surface area contributed by atoms with Crippen LogP contribution in [0.15, 0.2) is 54.9 Å². The highest BCUT2D eigenvalue weighted by molar-refractivity contribution is 5.80. The summed E-state index contributed by atoms with van der Waals surface area (Å²) in [5.74, 6) is 0.0608. The van der Waals surface area contributed by atoms with Crippen molar-refractivity contribution in [1.29, 1.82) is 0 Å². The lowest BCUT2D eigenvalue weighted by atomic mass is 9.99. The third kappa shape index (κ3) is 3.28. The SMILES string of the molecule is CN(C[C@@H]1Cc2ccccc2CO1)C(=O)Cn1cnc2ccccc21. The zero-order chi connectivity index (χ0) is 17.2. The number of nitrogens with zero attached hydrogens (tertiary/aromatic N) is 3. The number of fused-ring (bicyclic) bond motifs is 2. The Labute approximate surface area is 146 Å². The number of amides is 1. The molecular weight excluding hydrogens is 314 g/mol. The van der Waals surface area contributed by atoms with Gasteiger partial charge in [-0.05, 0) is 23.3 Å². The van der Waals surface area contributed by atoms with E-state index in [2.05, 4.69) is 23.2 Å². The van der Waals surface area contributed by atoms with Crippen molar-refractivity contribution in [3.05, 3.63) is 66.0 Å². The maximum Gasteiger partial charge on any atom is 0.242 e. The normalized spacial score (nSPS) is 16.6. The van der Waals surface area contributed by atoms with Crippen molar-refractivity contribution < 1.29 is 9.53 Å². The lowest BCUT2D eigenvalue weighted by Gasteiger charge is -2.29. The predicted octanol–water partition coefficient (Wildman–Crippen LogP) is 2.64. The number of carbonyl (C=O) groups is 1. The lowest BCUT2D eigenvalue weighted by molar-refractivity contribution is -0.132. The van der Waals surface area contributed by atoms with Crippen LogP contribution in [0, 0.1) is 0 Å². The summed E-state index contributed by atoms with van der Waals surface area (Å²) in [5, 5.41) is 0. The molecule has 1 amide bonds. The van der Waals surface area contributed by atoms with Gasteiger partial charge in [-0.25, -0.2) is 4.98 Å². The fourth-order valence-electron chi connectivity index (χ4n) is 3.34. The minimum absolute atomic E-state index is 0.0448. The van der Waals surface area contributed by atoms with Crippen molar-refractivity contribution in [1.82, 2.24) is 14.5 Å². The van der Waals surface area contributed by atoms with E-state index in [-0.39, 0.29) is 12.0 Å². The Morgan fingerprint density at radius 2 is 1.96 bits per heavy atom. The van der Waals surface area contributed by atoms with E-state index in [4.69, 9.17) is 4.74 Å². The van der Waals surface area contributed by atoms with E-state index < -0.39 is 0 Å². The molecule has 0 spiro atoms. The molecule has 1 atom stereocenters. The third-order valence-electron chi connectivity index (χ3n) is 4.78. The Kier molecular flexibility index (Phi) is 4.24. The summed E-state index contributed by atoms with van der Waals surface area (Å²) in [6, 6.07) is 16.2. The molecule has 0 unspecified atom stereocenters. The van der Waals surface area contributed by atoms with E-state index in [9.17, 15) is 4.79 Å². The zero-order valence-electron chi connectivity index (χ0n) is 14.3. The van der Waals surface area contributed by atoms with Crippen molar-refractivity contribution in [3.63, 3.8) is 0 Å². The summed E-state index contributed by atoms with van der Waals surface area (Å²) >= 11 is 0. The van der Waals surface area contributed by atoms with Gasteiger partial charge in [-0.15, -0.1) is 0 Å². The van der Waals surface area contributed by atoms with Gasteiger partial charge >= 0.3 is 0 Å². The van der Waals surface area contributed by atoms with Crippen LogP contribution in [0.5, 0.6) is 0 Å². The molecule has 0 aliphatic carbocycles. The third-order valence-corrected chi connectivity index (χ3v) is 4.78. The second-order valence-corrected chi connectivity index (χ2v) is 6.54. The van der Waals surface area contributed by atoms with Gasteiger partial charge in [0.05, 0.1) is 30.1 Å². The van der Waals surface area contributed by atoms with Crippen LogP contribution < -0.4 is 0 Å². The number of hydrogen-bond acceptors (Lipinski definition) is 3. The largest absolute Gasteiger partial charge is 0.371 e. The second-order valence-electron chi connectivity index (χ2n) is 6.54. The summed E-state index contributed by atoms with van der Waals surface area (Å²) in [6.07, 6.45) is 2.62. The number of para-hydroxylation sites is 2. The molecule has 1 aromatic heterocycles. The second kappa shape index (κ2) is 6.69. The Morgan fingerprint density at radius 3 is 2.84 bits per heavy atom. The summed E-state index contributed by atoms with van der Waals surface area (Å²) in [5.41, 5.74) is 4.45. The van der Waals surface area contributed by atoms with Gasteiger partial charge in [-0.3, -0.25) is 4.79 Å². The molecule has 0 radical (unpaired) electrons. The summed E-state index contributed by atoms with van der Waals surface area (Å²) in [4.78, 5) is 18.7. The lowest BCUT2D eigenvalue weighted by Crippen LogP contribution is -2.39. The van der Waals surface area contributed by atoms with Gasteiger partial charge in [0.15, 0.2) is 0 Å². The monoisotopic (exact) mass is 335 g/mol. The molecule has 0 N–H and O–H groups in total. The van der Waals surface area contributed by atoms with Crippen LogP contribution in [0.4, 0.5) is 0 Å². The van der Waals surface area contributed by atoms with E-state index in [0.717, 1.165) is 17.5 Å². The fourth-order valence-corrected chi connectivity index (χ4v) is 3.34. The number of aromatic nitrogens is 2. The molecule has 1 aliphatic rings. The molecule has 0 saturated heterocycles. The molecule has 0 bridgehead atoms. The summed E-state index contributed by atoms with van der Waals surface area (Å²) in [6.45, 7) is 1.51. The predicted molar refractivity (Wildman–Crippen MR) is 96.1 cm³/mol. The standard InChI is InChI=1S/C20H21N3O2/c1-22(11-17-10-15-6-2-3-7-16(15)13-25-17)20(24)12-23-14-21-18-8-4-5-9-19(18)23/h2-9,14,17H,10-13H2,1H3/t17-/m0/s1. The first-order chi connectivity index (χ1) is 12.2. The number of benzene rings is 2. The number of likely N-dealkylation sites (N-methyl/N-ethyl adjacent to an activating group) is 1. The Hall–Kier alpha value is -2.66. The van der Waals surface area contributed by atoms with E-state index in [1.165, 1.54) is 11.1 Å². The number of ether oxygens (including phenoxy) is 1. The smallest absolute Gasteiger partial charge is 0.242 e. The topological polar surface area (TPSA) is 47.4 Å². The average Bonchev–Trinajstić information content (AvgIpc) is 3.04. The van der Waals surface area contributed by atoms with Crippen LogP contribution in [-0.2, 0) is 29.1 Å². The van der Waals surface area contributed by atoms with Crippen molar-refractivity contribution in [2.45, 2.75) is 25.7 Å². The summed E-state index contributed by atoms with van der Waals surface area (Å²) < 4.78 is 7.81. The van der Waals surface area contributed by atoms with E-state index >= 15 is 0 Å². The van der Waals surface area contributed by atoms with Gasteiger partial charge in [0.25, 0.3) is 0 Å². The fraction of sp³-hybridized carbons (Fsp3) is 0.300. The molecule has 128 valence electrons. The molecular formula is C20H21N3O2. The van der Waals surface area contributed by atoms with Crippen LogP contribution in [-0.4, -0.2) is 40.1 Å². The first-order valence-electron chi connectivity index (χ1n) is 8.53. The van der Waals surface area contributed by atoms with Crippen molar-refractivity contribution in [2.75, 3.05) is 13.6 Å². The highest BCUT2D eigenvalue weighted by atomic mass is 16.5. The molecule has 5 heteroatoms. The molecule has 1 aliphatic heterocycles. The van der Waals surface area contributed by atoms with Gasteiger partial charge in [-0.2, -0.15) is 0 Å². The molecule has 0 saturated carbocycles. The maximum absolute atomic E-state index is 12.6. The minimum Gasteiger partial charge on any atom is -0.371 e. The van der Waals surface area contributed by atoms with Crippen molar-refractivity contribution in [3.8, 4) is 0 Å². The number of carbonyl (C=O) groups excluding carboxylic acids is 1. The number of hydrogen-bond donors (Lipinski definition) is 0. The Morgan fingerprint density at radius 1 is 1.20 bits per heavy atom. The Balaban J connectivity index is 1.40. The van der Waals surface area contributed by atoms with Gasteiger partial charge in [-0.1, -0.05) is 36.4 Å². The average molecular weight is 335 g/mol. The first-order valence-corrected chi connectivity index (χ1v) is 8.53. The maximum atomic E-state index is 12.6. The molecule has 2 heterocycles. The number of imidazole rings is 1. The van der Waals surface area contributed by atoms with Gasteiger partial charge in [0.1, 0.15) is 6.54 Å². The van der Waals surface area contributed by atoms with Gasteiger partial charge in [0.2, 0.25) is 5.91 Å². The summed E-state index contributed by atoms with van der Waals surface area (Å²) in [7, 11) is 1.84. The van der Waals surface area contributed by atoms with Gasteiger partial charge in [0, 0.05) is 20.0 Å².